The van der Waals surface area contributed by atoms with Crippen molar-refractivity contribution in [2.45, 2.75) is 26.4 Å². The molecule has 0 amide bonds. The molecule has 22 heavy (non-hydrogen) atoms. The van der Waals surface area contributed by atoms with E-state index in [0.29, 0.717) is 0 Å². The van der Waals surface area contributed by atoms with Gasteiger partial charge in [-0.1, -0.05) is 26.3 Å². The van der Waals surface area contributed by atoms with E-state index in [9.17, 15) is 14.4 Å². The summed E-state index contributed by atoms with van der Waals surface area (Å²) in [5.41, 5.74) is 0.427. The van der Waals surface area contributed by atoms with Crippen LogP contribution in [0.2, 0.25) is 0 Å². The van der Waals surface area contributed by atoms with E-state index in [1.807, 2.05) is 0 Å². The Morgan fingerprint density at radius 1 is 1.00 bits per heavy atom. The first-order valence-electron chi connectivity index (χ1n) is 6.37. The van der Waals surface area contributed by atoms with Gasteiger partial charge in [0, 0.05) is 23.1 Å². The van der Waals surface area contributed by atoms with Crippen LogP contribution in [-0.4, -0.2) is 30.6 Å². The topological polar surface area (TPSA) is 78.9 Å². The molecule has 0 saturated carbocycles. The minimum Gasteiger partial charge on any atom is -0.458 e. The second-order valence-electron chi connectivity index (χ2n) is 4.57. The van der Waals surface area contributed by atoms with Crippen LogP contribution in [0, 0.1) is 0 Å². The normalized spacial score (nSPS) is 10.8. The van der Waals surface area contributed by atoms with Gasteiger partial charge < -0.3 is 14.2 Å². The third-order valence-electron chi connectivity index (χ3n) is 2.32. The molecule has 0 aromatic carbocycles. The average molecular weight is 308 g/mol. The van der Waals surface area contributed by atoms with Crippen LogP contribution in [0.25, 0.3) is 0 Å². The van der Waals surface area contributed by atoms with Crippen molar-refractivity contribution in [2.24, 2.45) is 0 Å². The Bertz CT molecular complexity index is 515. The van der Waals surface area contributed by atoms with E-state index >= 15 is 0 Å². The first-order chi connectivity index (χ1) is 10.2. The molecule has 0 radical (unpaired) electrons. The van der Waals surface area contributed by atoms with Crippen LogP contribution in [0.1, 0.15) is 20.3 Å². The maximum atomic E-state index is 11.6. The Labute approximate surface area is 129 Å². The maximum absolute atomic E-state index is 11.6. The van der Waals surface area contributed by atoms with Crippen LogP contribution in [0.15, 0.2) is 49.3 Å². The third kappa shape index (κ3) is 7.23. The van der Waals surface area contributed by atoms with Crippen molar-refractivity contribution in [1.82, 2.24) is 0 Å². The fourth-order valence-electron chi connectivity index (χ4n) is 1.20. The molecular formula is C16H20O6. The van der Waals surface area contributed by atoms with Crippen LogP contribution >= 0.6 is 0 Å². The van der Waals surface area contributed by atoms with Gasteiger partial charge in [0.2, 0.25) is 0 Å². The van der Waals surface area contributed by atoms with E-state index in [0.717, 1.165) is 6.26 Å². The number of esters is 3. The monoisotopic (exact) mass is 308 g/mol. The Hall–Kier alpha value is -2.63. The molecule has 0 aromatic rings. The number of hydrogen-bond acceptors (Lipinski definition) is 6. The highest BCUT2D eigenvalue weighted by atomic mass is 16.6. The summed E-state index contributed by atoms with van der Waals surface area (Å²) in [5, 5.41) is 0. The minimum absolute atomic E-state index is 0.0470. The summed E-state index contributed by atoms with van der Waals surface area (Å²) in [4.78, 5) is 34.4. The number of ether oxygens (including phenoxy) is 3. The van der Waals surface area contributed by atoms with E-state index in [2.05, 4.69) is 31.1 Å². The molecule has 0 aliphatic rings. The van der Waals surface area contributed by atoms with Crippen LogP contribution < -0.4 is 0 Å². The Morgan fingerprint density at radius 2 is 1.55 bits per heavy atom. The zero-order chi connectivity index (χ0) is 17.3. The predicted octanol–water partition coefficient (Wildman–Crippen LogP) is 2.23. The lowest BCUT2D eigenvalue weighted by atomic mass is 10.1. The molecule has 0 fully saturated rings. The largest absolute Gasteiger partial charge is 0.458 e. The summed E-state index contributed by atoms with van der Waals surface area (Å²) in [5.74, 6) is -2.01. The molecule has 0 aromatic heterocycles. The van der Waals surface area contributed by atoms with Gasteiger partial charge in [0.15, 0.2) is 0 Å². The predicted molar refractivity (Wildman–Crippen MR) is 80.5 cm³/mol. The Morgan fingerprint density at radius 3 is 2.00 bits per heavy atom. The van der Waals surface area contributed by atoms with Gasteiger partial charge in [-0.05, 0) is 13.8 Å². The number of carbonyl (C=O) groups excluding carboxylic acids is 3. The van der Waals surface area contributed by atoms with Gasteiger partial charge in [0.05, 0.1) is 6.26 Å². The summed E-state index contributed by atoms with van der Waals surface area (Å²) in [6, 6.07) is 0. The summed E-state index contributed by atoms with van der Waals surface area (Å²) in [7, 11) is 0. The lowest BCUT2D eigenvalue weighted by Gasteiger charge is -2.18. The van der Waals surface area contributed by atoms with Crippen molar-refractivity contribution in [3.8, 4) is 0 Å². The van der Waals surface area contributed by atoms with Crippen LogP contribution in [0.4, 0.5) is 0 Å². The number of carbonyl (C=O) groups is 3. The molecular weight excluding hydrogens is 288 g/mol. The molecule has 1 atom stereocenters. The van der Waals surface area contributed by atoms with Crippen molar-refractivity contribution in [3.05, 3.63) is 49.3 Å². The summed E-state index contributed by atoms with van der Waals surface area (Å²) in [6.45, 7) is 16.4. The fraction of sp³-hybridized carbons (Fsp3) is 0.312. The van der Waals surface area contributed by atoms with Crippen molar-refractivity contribution < 1.29 is 28.6 Å². The zero-order valence-corrected chi connectivity index (χ0v) is 12.8. The lowest BCUT2D eigenvalue weighted by molar-refractivity contribution is -0.154. The van der Waals surface area contributed by atoms with Gasteiger partial charge in [-0.3, -0.25) is 0 Å². The van der Waals surface area contributed by atoms with E-state index in [1.165, 1.54) is 13.8 Å². The summed E-state index contributed by atoms with van der Waals surface area (Å²) in [6.07, 6.45) is 0.0101. The van der Waals surface area contributed by atoms with Gasteiger partial charge in [-0.2, -0.15) is 0 Å². The second-order valence-corrected chi connectivity index (χ2v) is 4.57. The SMILES string of the molecule is C=COC(=O)C(=C)CC(COC(=O)C(=C)C)OC(=O)C(=C)C. The van der Waals surface area contributed by atoms with E-state index in [-0.39, 0.29) is 29.7 Å². The molecule has 6 nitrogen and oxygen atoms in total. The first kappa shape index (κ1) is 19.4. The highest BCUT2D eigenvalue weighted by molar-refractivity contribution is 5.89. The van der Waals surface area contributed by atoms with Gasteiger partial charge >= 0.3 is 17.9 Å². The zero-order valence-electron chi connectivity index (χ0n) is 12.8. The van der Waals surface area contributed by atoms with Gasteiger partial charge in [-0.25, -0.2) is 14.4 Å². The smallest absolute Gasteiger partial charge is 0.338 e. The third-order valence-corrected chi connectivity index (χ3v) is 2.32. The molecule has 1 unspecified atom stereocenters. The van der Waals surface area contributed by atoms with Gasteiger partial charge in [0.1, 0.15) is 12.7 Å². The maximum Gasteiger partial charge on any atom is 0.338 e. The minimum atomic E-state index is -0.891. The molecule has 0 saturated heterocycles. The second kappa shape index (κ2) is 9.33. The van der Waals surface area contributed by atoms with Crippen molar-refractivity contribution in [3.63, 3.8) is 0 Å². The Kier molecular flexibility index (Phi) is 8.22. The summed E-state index contributed by atoms with van der Waals surface area (Å²) < 4.78 is 14.6. The van der Waals surface area contributed by atoms with E-state index in [1.54, 1.807) is 0 Å². The molecule has 0 aliphatic carbocycles. The van der Waals surface area contributed by atoms with E-state index in [4.69, 9.17) is 9.47 Å². The molecule has 0 aliphatic heterocycles. The van der Waals surface area contributed by atoms with Crippen molar-refractivity contribution in [1.29, 1.82) is 0 Å². The molecule has 0 N–H and O–H groups in total. The highest BCUT2D eigenvalue weighted by Crippen LogP contribution is 2.12. The fourth-order valence-corrected chi connectivity index (χ4v) is 1.20. The van der Waals surface area contributed by atoms with Crippen LogP contribution in [-0.2, 0) is 28.6 Å². The standard InChI is InChI=1S/C16H20O6/c1-7-20-16(19)12(6)8-13(22-15(18)11(4)5)9-21-14(17)10(2)3/h7,13H,1-2,4,6,8-9H2,3,5H3. The number of hydrogen-bond donors (Lipinski definition) is 0. The number of rotatable bonds is 9. The van der Waals surface area contributed by atoms with Crippen LogP contribution in [0.3, 0.4) is 0 Å². The molecule has 0 heterocycles. The van der Waals surface area contributed by atoms with Gasteiger partial charge in [0.25, 0.3) is 0 Å². The Balaban J connectivity index is 4.81. The first-order valence-corrected chi connectivity index (χ1v) is 6.37. The quantitative estimate of drug-likeness (QED) is 0.281. The highest BCUT2D eigenvalue weighted by Gasteiger charge is 2.21. The molecule has 120 valence electrons. The average Bonchev–Trinajstić information content (AvgIpc) is 2.43. The molecule has 0 rings (SSSR count). The summed E-state index contributed by atoms with van der Waals surface area (Å²) >= 11 is 0. The lowest BCUT2D eigenvalue weighted by Crippen LogP contribution is -2.27. The van der Waals surface area contributed by atoms with Crippen LogP contribution in [0.5, 0.6) is 0 Å². The molecule has 0 spiro atoms. The van der Waals surface area contributed by atoms with Gasteiger partial charge in [-0.15, -0.1) is 0 Å². The molecule has 0 bridgehead atoms. The van der Waals surface area contributed by atoms with Crippen molar-refractivity contribution in [2.75, 3.05) is 6.61 Å². The van der Waals surface area contributed by atoms with E-state index < -0.39 is 24.0 Å². The molecule has 6 heteroatoms. The van der Waals surface area contributed by atoms with Crippen molar-refractivity contribution >= 4 is 17.9 Å².